The van der Waals surface area contributed by atoms with Crippen molar-refractivity contribution in [2.24, 2.45) is 0 Å². The Bertz CT molecular complexity index is 1080. The SMILES string of the molecule is COc1cc(C(=O)N2CCN(Cc3csc(-c4ccccc4)n3)CC2)cc2c1OCCO2. The molecule has 0 bridgehead atoms. The van der Waals surface area contributed by atoms with Crippen LogP contribution in [0.2, 0.25) is 0 Å². The van der Waals surface area contributed by atoms with Gasteiger partial charge in [0.05, 0.1) is 12.8 Å². The van der Waals surface area contributed by atoms with Gasteiger partial charge in [-0.3, -0.25) is 9.69 Å². The maximum absolute atomic E-state index is 13.1. The normalized spacial score (nSPS) is 16.1. The van der Waals surface area contributed by atoms with E-state index < -0.39 is 0 Å². The Balaban J connectivity index is 1.21. The number of benzene rings is 2. The lowest BCUT2D eigenvalue weighted by atomic mass is 10.1. The number of methoxy groups -OCH3 is 1. The number of rotatable bonds is 5. The summed E-state index contributed by atoms with van der Waals surface area (Å²) >= 11 is 1.67. The molecule has 0 N–H and O–H groups in total. The van der Waals surface area contributed by atoms with Gasteiger partial charge in [0.15, 0.2) is 11.5 Å². The molecular formula is C24H25N3O4S. The lowest BCUT2D eigenvalue weighted by Gasteiger charge is -2.34. The van der Waals surface area contributed by atoms with Crippen LogP contribution >= 0.6 is 11.3 Å². The molecule has 1 saturated heterocycles. The summed E-state index contributed by atoms with van der Waals surface area (Å²) in [6, 6.07) is 13.7. The van der Waals surface area contributed by atoms with Crippen LogP contribution in [0.3, 0.4) is 0 Å². The zero-order valence-electron chi connectivity index (χ0n) is 18.0. The Labute approximate surface area is 191 Å². The summed E-state index contributed by atoms with van der Waals surface area (Å²) in [5.74, 6) is 1.65. The maximum atomic E-state index is 13.1. The van der Waals surface area contributed by atoms with Crippen LogP contribution in [0.4, 0.5) is 0 Å². The molecule has 0 saturated carbocycles. The molecule has 0 unspecified atom stereocenters. The first-order valence-electron chi connectivity index (χ1n) is 10.7. The molecule has 1 amide bonds. The number of carbonyl (C=O) groups is 1. The second-order valence-electron chi connectivity index (χ2n) is 7.78. The lowest BCUT2D eigenvalue weighted by Crippen LogP contribution is -2.48. The summed E-state index contributed by atoms with van der Waals surface area (Å²) in [5, 5.41) is 3.17. The first-order chi connectivity index (χ1) is 15.7. The number of nitrogens with zero attached hydrogens (tertiary/aromatic N) is 3. The average molecular weight is 452 g/mol. The van der Waals surface area contributed by atoms with Gasteiger partial charge in [0.1, 0.15) is 18.2 Å². The molecule has 0 atom stereocenters. The predicted octanol–water partition coefficient (Wildman–Crippen LogP) is 3.55. The van der Waals surface area contributed by atoms with Crippen LogP contribution in [0.5, 0.6) is 17.2 Å². The zero-order chi connectivity index (χ0) is 21.9. The fourth-order valence-electron chi connectivity index (χ4n) is 4.01. The van der Waals surface area contributed by atoms with Gasteiger partial charge in [-0.15, -0.1) is 11.3 Å². The van der Waals surface area contributed by atoms with Crippen molar-refractivity contribution in [3.63, 3.8) is 0 Å². The van der Waals surface area contributed by atoms with Crippen LogP contribution in [0, 0.1) is 0 Å². The average Bonchev–Trinajstić information content (AvgIpc) is 3.32. The molecule has 32 heavy (non-hydrogen) atoms. The van der Waals surface area contributed by atoms with Crippen molar-refractivity contribution in [2.75, 3.05) is 46.5 Å². The third-order valence-electron chi connectivity index (χ3n) is 5.69. The minimum atomic E-state index is -0.0139. The van der Waals surface area contributed by atoms with Gasteiger partial charge >= 0.3 is 0 Å². The van der Waals surface area contributed by atoms with Gasteiger partial charge in [-0.05, 0) is 12.1 Å². The Kier molecular flexibility index (Phi) is 5.96. The third kappa shape index (κ3) is 4.28. The molecule has 0 radical (unpaired) electrons. The minimum absolute atomic E-state index is 0.0139. The van der Waals surface area contributed by atoms with Gasteiger partial charge in [0, 0.05) is 49.2 Å². The quantitative estimate of drug-likeness (QED) is 0.591. The van der Waals surface area contributed by atoms with Crippen LogP contribution in [0.1, 0.15) is 16.1 Å². The Morgan fingerprint density at radius 1 is 1.09 bits per heavy atom. The highest BCUT2D eigenvalue weighted by atomic mass is 32.1. The number of thiazole rings is 1. The van der Waals surface area contributed by atoms with Crippen LogP contribution in [0.15, 0.2) is 47.8 Å². The summed E-state index contributed by atoms with van der Waals surface area (Å²) in [6.45, 7) is 4.70. The number of hydrogen-bond acceptors (Lipinski definition) is 7. The van der Waals surface area contributed by atoms with E-state index in [0.29, 0.717) is 49.1 Å². The number of carbonyl (C=O) groups excluding carboxylic acids is 1. The van der Waals surface area contributed by atoms with Gasteiger partial charge in [-0.25, -0.2) is 4.98 Å². The van der Waals surface area contributed by atoms with Gasteiger partial charge < -0.3 is 19.1 Å². The number of aromatic nitrogens is 1. The molecule has 166 valence electrons. The summed E-state index contributed by atoms with van der Waals surface area (Å²) < 4.78 is 16.7. The number of fused-ring (bicyclic) bond motifs is 1. The van der Waals surface area contributed by atoms with Crippen molar-refractivity contribution < 1.29 is 19.0 Å². The van der Waals surface area contributed by atoms with Crippen molar-refractivity contribution in [1.82, 2.24) is 14.8 Å². The van der Waals surface area contributed by atoms with E-state index in [2.05, 4.69) is 22.4 Å². The van der Waals surface area contributed by atoms with E-state index in [1.807, 2.05) is 23.1 Å². The fraction of sp³-hybridized carbons (Fsp3) is 0.333. The highest BCUT2D eigenvalue weighted by Crippen LogP contribution is 2.40. The summed E-state index contributed by atoms with van der Waals surface area (Å²) in [7, 11) is 1.57. The third-order valence-corrected chi connectivity index (χ3v) is 6.63. The number of amides is 1. The lowest BCUT2D eigenvalue weighted by molar-refractivity contribution is 0.0625. The number of ether oxygens (including phenoxy) is 3. The Morgan fingerprint density at radius 2 is 1.88 bits per heavy atom. The summed E-state index contributed by atoms with van der Waals surface area (Å²) in [4.78, 5) is 22.1. The molecule has 3 aromatic rings. The van der Waals surface area contributed by atoms with Gasteiger partial charge in [0.25, 0.3) is 5.91 Å². The molecule has 3 heterocycles. The first kappa shape index (κ1) is 20.8. The van der Waals surface area contributed by atoms with Crippen molar-refractivity contribution in [2.45, 2.75) is 6.54 Å². The predicted molar refractivity (Wildman–Crippen MR) is 123 cm³/mol. The molecule has 2 aromatic carbocycles. The Hall–Kier alpha value is -3.10. The molecular weight excluding hydrogens is 426 g/mol. The number of piperazine rings is 1. The number of hydrogen-bond donors (Lipinski definition) is 0. The molecule has 7 nitrogen and oxygen atoms in total. The zero-order valence-corrected chi connectivity index (χ0v) is 18.8. The van der Waals surface area contributed by atoms with E-state index in [-0.39, 0.29) is 5.91 Å². The molecule has 0 aliphatic carbocycles. The van der Waals surface area contributed by atoms with Gasteiger partial charge in [0.2, 0.25) is 5.75 Å². The monoisotopic (exact) mass is 451 g/mol. The second-order valence-corrected chi connectivity index (χ2v) is 8.64. The van der Waals surface area contributed by atoms with Crippen LogP contribution < -0.4 is 14.2 Å². The van der Waals surface area contributed by atoms with Crippen LogP contribution in [0.25, 0.3) is 10.6 Å². The molecule has 8 heteroatoms. The van der Waals surface area contributed by atoms with Crippen molar-refractivity contribution in [1.29, 1.82) is 0 Å². The Morgan fingerprint density at radius 3 is 2.66 bits per heavy atom. The van der Waals surface area contributed by atoms with Gasteiger partial charge in [-0.1, -0.05) is 30.3 Å². The molecule has 5 rings (SSSR count). The van der Waals surface area contributed by atoms with Crippen molar-refractivity contribution >= 4 is 17.2 Å². The van der Waals surface area contributed by atoms with E-state index in [4.69, 9.17) is 19.2 Å². The standard InChI is InChI=1S/C24H25N3O4S/c1-29-20-13-18(14-21-22(20)31-12-11-30-21)24(28)27-9-7-26(8-10-27)15-19-16-32-23(25-19)17-5-3-2-4-6-17/h2-6,13-14,16H,7-12,15H2,1H3. The summed E-state index contributed by atoms with van der Waals surface area (Å²) in [6.07, 6.45) is 0. The van der Waals surface area contributed by atoms with E-state index >= 15 is 0 Å². The van der Waals surface area contributed by atoms with E-state index in [9.17, 15) is 4.79 Å². The smallest absolute Gasteiger partial charge is 0.254 e. The first-order valence-corrected chi connectivity index (χ1v) is 11.6. The van der Waals surface area contributed by atoms with Crippen LogP contribution in [-0.2, 0) is 6.54 Å². The van der Waals surface area contributed by atoms with Crippen molar-refractivity contribution in [3.8, 4) is 27.8 Å². The highest BCUT2D eigenvalue weighted by molar-refractivity contribution is 7.13. The van der Waals surface area contributed by atoms with E-state index in [0.717, 1.165) is 35.9 Å². The fourth-order valence-corrected chi connectivity index (χ4v) is 4.83. The van der Waals surface area contributed by atoms with Crippen molar-refractivity contribution in [3.05, 3.63) is 59.1 Å². The summed E-state index contributed by atoms with van der Waals surface area (Å²) in [5.41, 5.74) is 2.78. The molecule has 2 aliphatic heterocycles. The molecule has 1 aromatic heterocycles. The van der Waals surface area contributed by atoms with Crippen LogP contribution in [-0.4, -0.2) is 67.2 Å². The molecule has 2 aliphatic rings. The maximum Gasteiger partial charge on any atom is 0.254 e. The van der Waals surface area contributed by atoms with Gasteiger partial charge in [-0.2, -0.15) is 0 Å². The topological polar surface area (TPSA) is 64.1 Å². The largest absolute Gasteiger partial charge is 0.493 e. The molecule has 0 spiro atoms. The second kappa shape index (κ2) is 9.18. The van der Waals surface area contributed by atoms with E-state index in [1.54, 1.807) is 30.6 Å². The van der Waals surface area contributed by atoms with E-state index in [1.165, 1.54) is 0 Å². The minimum Gasteiger partial charge on any atom is -0.493 e. The molecule has 1 fully saturated rings. The highest BCUT2D eigenvalue weighted by Gasteiger charge is 2.26.